The fourth-order valence-corrected chi connectivity index (χ4v) is 5.01. The average molecular weight is 460 g/mol. The van der Waals surface area contributed by atoms with Crippen molar-refractivity contribution >= 4 is 40.6 Å². The van der Waals surface area contributed by atoms with Gasteiger partial charge in [-0.15, -0.1) is 0 Å². The molecule has 32 heavy (non-hydrogen) atoms. The van der Waals surface area contributed by atoms with E-state index < -0.39 is 33.6 Å². The van der Waals surface area contributed by atoms with Gasteiger partial charge >= 0.3 is 12.2 Å². The molecule has 1 unspecified atom stereocenters. The zero-order chi connectivity index (χ0) is 23.4. The number of benzene rings is 2. The van der Waals surface area contributed by atoms with Crippen LogP contribution in [-0.2, 0) is 20.8 Å². The molecule has 164 valence electrons. The van der Waals surface area contributed by atoms with Crippen molar-refractivity contribution in [2.24, 2.45) is 0 Å². The van der Waals surface area contributed by atoms with Crippen molar-refractivity contribution in [2.45, 2.75) is 30.0 Å². The normalized spacial score (nSPS) is 19.2. The van der Waals surface area contributed by atoms with Gasteiger partial charge in [0.2, 0.25) is 0 Å². The van der Waals surface area contributed by atoms with Crippen molar-refractivity contribution in [1.82, 2.24) is 5.32 Å². The van der Waals surface area contributed by atoms with Crippen LogP contribution in [-0.4, -0.2) is 34.3 Å². The molecule has 6 nitrogen and oxygen atoms in total. The number of anilines is 1. The maximum atomic E-state index is 13.2. The second kappa shape index (κ2) is 7.51. The number of hydrogen-bond donors (Lipinski definition) is 1. The van der Waals surface area contributed by atoms with Crippen LogP contribution in [0.3, 0.4) is 0 Å². The number of nitrogens with one attached hydrogen (secondary N) is 1. The van der Waals surface area contributed by atoms with Gasteiger partial charge in [-0.1, -0.05) is 29.7 Å². The highest BCUT2D eigenvalue weighted by atomic mass is 32.2. The number of carbonyl (C=O) groups excluding carboxylic acids is 2. The van der Waals surface area contributed by atoms with Crippen LogP contribution in [0.4, 0.5) is 23.7 Å². The van der Waals surface area contributed by atoms with Crippen LogP contribution in [0.15, 0.2) is 58.6 Å². The SMILES string of the molecule is [B]c1ccc(C2NC(=O)N(c3cccc(C(F)(F)F)c3)C3=C2C(=O)CC3)c(S(C)(=O)=O)c1. The van der Waals surface area contributed by atoms with E-state index in [4.69, 9.17) is 7.85 Å². The zero-order valence-corrected chi connectivity index (χ0v) is 17.5. The number of allylic oxidation sites excluding steroid dienone is 1. The fraction of sp³-hybridized carbons (Fsp3) is 0.238. The maximum absolute atomic E-state index is 13.2. The first-order valence-corrected chi connectivity index (χ1v) is 11.4. The van der Waals surface area contributed by atoms with Gasteiger partial charge in [-0.25, -0.2) is 13.2 Å². The van der Waals surface area contributed by atoms with Crippen molar-refractivity contribution in [3.63, 3.8) is 0 Å². The third-order valence-electron chi connectivity index (χ3n) is 5.41. The van der Waals surface area contributed by atoms with E-state index in [-0.39, 0.29) is 51.5 Å². The second-order valence-electron chi connectivity index (χ2n) is 7.62. The van der Waals surface area contributed by atoms with E-state index in [9.17, 15) is 31.2 Å². The molecule has 2 aromatic carbocycles. The summed E-state index contributed by atoms with van der Waals surface area (Å²) in [5.41, 5.74) is -0.223. The first kappa shape index (κ1) is 22.1. The number of urea groups is 1. The lowest BCUT2D eigenvalue weighted by atomic mass is 9.90. The zero-order valence-electron chi connectivity index (χ0n) is 16.7. The molecule has 2 aliphatic rings. The molecule has 11 heteroatoms. The average Bonchev–Trinajstić information content (AvgIpc) is 3.07. The number of alkyl halides is 3. The highest BCUT2D eigenvalue weighted by Gasteiger charge is 2.43. The third kappa shape index (κ3) is 3.81. The summed E-state index contributed by atoms with van der Waals surface area (Å²) in [4.78, 5) is 26.7. The predicted molar refractivity (Wildman–Crippen MR) is 111 cm³/mol. The smallest absolute Gasteiger partial charge is 0.326 e. The van der Waals surface area contributed by atoms with E-state index in [1.54, 1.807) is 0 Å². The van der Waals surface area contributed by atoms with Crippen LogP contribution < -0.4 is 15.7 Å². The van der Waals surface area contributed by atoms with Crippen LogP contribution in [0, 0.1) is 0 Å². The lowest BCUT2D eigenvalue weighted by molar-refractivity contribution is -0.137. The van der Waals surface area contributed by atoms with E-state index in [2.05, 4.69) is 5.32 Å². The summed E-state index contributed by atoms with van der Waals surface area (Å²) in [5, 5.41) is 2.60. The Balaban J connectivity index is 1.88. The van der Waals surface area contributed by atoms with Gasteiger partial charge in [-0.2, -0.15) is 13.2 Å². The minimum atomic E-state index is -4.61. The van der Waals surface area contributed by atoms with E-state index in [0.717, 1.165) is 23.3 Å². The van der Waals surface area contributed by atoms with E-state index in [1.165, 1.54) is 30.3 Å². The highest BCUT2D eigenvalue weighted by Crippen LogP contribution is 2.42. The van der Waals surface area contributed by atoms with Crippen molar-refractivity contribution in [1.29, 1.82) is 0 Å². The van der Waals surface area contributed by atoms with Gasteiger partial charge in [0.15, 0.2) is 15.6 Å². The molecule has 0 aromatic heterocycles. The Morgan fingerprint density at radius 2 is 1.81 bits per heavy atom. The molecule has 0 saturated heterocycles. The van der Waals surface area contributed by atoms with Crippen LogP contribution >= 0.6 is 0 Å². The number of ketones is 1. The Morgan fingerprint density at radius 1 is 1.09 bits per heavy atom. The van der Waals surface area contributed by atoms with Gasteiger partial charge < -0.3 is 5.32 Å². The summed E-state index contributed by atoms with van der Waals surface area (Å²) in [5.74, 6) is -0.321. The van der Waals surface area contributed by atoms with Crippen molar-refractivity contribution in [2.75, 3.05) is 11.2 Å². The van der Waals surface area contributed by atoms with Crippen LogP contribution in [0.5, 0.6) is 0 Å². The topological polar surface area (TPSA) is 83.6 Å². The molecule has 1 N–H and O–H groups in total. The summed E-state index contributed by atoms with van der Waals surface area (Å²) >= 11 is 0. The molecule has 0 bridgehead atoms. The Bertz CT molecular complexity index is 1290. The standard InChI is InChI=1S/C21H16BF3N2O4S/c1-32(30,31)17-10-12(22)5-6-14(17)19-18-15(7-8-16(18)28)27(20(29)26-19)13-4-2-3-11(9-13)21(23,24)25/h2-6,9-10,19H,7-8H2,1H3,(H,26,29). The Hall–Kier alpha value is -3.08. The molecule has 2 aromatic rings. The molecular weight excluding hydrogens is 444 g/mol. The second-order valence-corrected chi connectivity index (χ2v) is 9.60. The molecule has 2 radical (unpaired) electrons. The first-order chi connectivity index (χ1) is 14.9. The van der Waals surface area contributed by atoms with Crippen molar-refractivity contribution in [3.8, 4) is 0 Å². The molecule has 0 saturated carbocycles. The third-order valence-corrected chi connectivity index (χ3v) is 6.56. The molecule has 1 aliphatic carbocycles. The largest absolute Gasteiger partial charge is 0.416 e. The number of amides is 2. The minimum absolute atomic E-state index is 0.0429. The van der Waals surface area contributed by atoms with Gasteiger partial charge in [-0.05, 0) is 30.2 Å². The number of nitrogens with zero attached hydrogens (tertiary/aromatic N) is 1. The number of rotatable bonds is 3. The molecule has 1 atom stereocenters. The van der Waals surface area contributed by atoms with Gasteiger partial charge in [-0.3, -0.25) is 9.69 Å². The van der Waals surface area contributed by atoms with Crippen LogP contribution in [0.25, 0.3) is 0 Å². The lowest BCUT2D eigenvalue weighted by Gasteiger charge is -2.35. The predicted octanol–water partition coefficient (Wildman–Crippen LogP) is 2.79. The number of hydrogen-bond acceptors (Lipinski definition) is 4. The number of halogens is 3. The van der Waals surface area contributed by atoms with Gasteiger partial charge in [0.1, 0.15) is 7.85 Å². The Morgan fingerprint density at radius 3 is 2.47 bits per heavy atom. The summed E-state index contributed by atoms with van der Waals surface area (Å²) in [7, 11) is 1.97. The molecule has 0 spiro atoms. The highest BCUT2D eigenvalue weighted by molar-refractivity contribution is 7.90. The first-order valence-electron chi connectivity index (χ1n) is 9.51. The lowest BCUT2D eigenvalue weighted by Crippen LogP contribution is -2.47. The van der Waals surface area contributed by atoms with Gasteiger partial charge in [0.05, 0.1) is 22.2 Å². The molecule has 1 aliphatic heterocycles. The number of sulfone groups is 1. The van der Waals surface area contributed by atoms with Crippen molar-refractivity contribution in [3.05, 3.63) is 64.9 Å². The summed E-state index contributed by atoms with van der Waals surface area (Å²) in [6.45, 7) is 0. The Labute approximate surface area is 183 Å². The minimum Gasteiger partial charge on any atom is -0.326 e. The molecule has 2 amide bonds. The van der Waals surface area contributed by atoms with Crippen LogP contribution in [0.1, 0.15) is 30.0 Å². The Kier molecular flexibility index (Phi) is 5.19. The van der Waals surface area contributed by atoms with E-state index in [0.29, 0.717) is 0 Å². The van der Waals surface area contributed by atoms with Gasteiger partial charge in [0, 0.05) is 23.9 Å². The fourth-order valence-electron chi connectivity index (χ4n) is 4.04. The van der Waals surface area contributed by atoms with E-state index in [1.807, 2.05) is 0 Å². The summed E-state index contributed by atoms with van der Waals surface area (Å²) in [6.07, 6.45) is -3.44. The molecular formula is C21H16BF3N2O4S. The molecule has 1 heterocycles. The van der Waals surface area contributed by atoms with Crippen LogP contribution in [0.2, 0.25) is 0 Å². The number of Topliss-reactive ketones (excluding diaryl/α,β-unsaturated/α-hetero) is 1. The maximum Gasteiger partial charge on any atom is 0.416 e. The van der Waals surface area contributed by atoms with E-state index >= 15 is 0 Å². The van der Waals surface area contributed by atoms with Crippen molar-refractivity contribution < 1.29 is 31.2 Å². The van der Waals surface area contributed by atoms with Gasteiger partial charge in [0.25, 0.3) is 0 Å². The summed E-state index contributed by atoms with van der Waals surface area (Å²) in [6, 6.07) is 6.52. The monoisotopic (exact) mass is 460 g/mol. The molecule has 4 rings (SSSR count). The summed E-state index contributed by atoms with van der Waals surface area (Å²) < 4.78 is 64.2. The molecule has 0 fully saturated rings. The quantitative estimate of drug-likeness (QED) is 0.715. The number of carbonyl (C=O) groups is 2.